The van der Waals surface area contributed by atoms with Gasteiger partial charge in [-0.05, 0) is 24.6 Å². The summed E-state index contributed by atoms with van der Waals surface area (Å²) in [7, 11) is 0. The van der Waals surface area contributed by atoms with Crippen molar-refractivity contribution in [3.8, 4) is 0 Å². The molecule has 0 bridgehead atoms. The molecule has 2 aromatic rings. The molecule has 2 rings (SSSR count). The molecule has 0 aliphatic carbocycles. The molecule has 3 nitrogen and oxygen atoms in total. The molecule has 0 saturated heterocycles. The fraction of sp³-hybridized carbons (Fsp3) is 0.188. The Labute approximate surface area is 121 Å². The van der Waals surface area contributed by atoms with E-state index in [-0.39, 0.29) is 6.54 Å². The Morgan fingerprint density at radius 1 is 1.10 bits per heavy atom. The predicted molar refractivity (Wildman–Crippen MR) is 74.7 cm³/mol. The molecule has 1 atom stereocenters. The highest BCUT2D eigenvalue weighted by molar-refractivity contribution is 5.94. The lowest BCUT2D eigenvalue weighted by atomic mass is 9.96. The maximum Gasteiger partial charge on any atom is 0.257 e. The van der Waals surface area contributed by atoms with E-state index in [1.807, 2.05) is 0 Å². The molecule has 5 heteroatoms. The summed E-state index contributed by atoms with van der Waals surface area (Å²) >= 11 is 0. The number of hydrogen-bond acceptors (Lipinski definition) is 2. The monoisotopic (exact) mass is 291 g/mol. The number of hydrogen-bond donors (Lipinski definition) is 2. The Kier molecular flexibility index (Phi) is 4.33. The van der Waals surface area contributed by atoms with Crippen LogP contribution in [0.2, 0.25) is 0 Å². The highest BCUT2D eigenvalue weighted by Gasteiger charge is 2.25. The number of carbonyl (C=O) groups excluding carboxylic acids is 1. The van der Waals surface area contributed by atoms with Crippen molar-refractivity contribution in [3.05, 3.63) is 71.3 Å². The minimum Gasteiger partial charge on any atom is -0.384 e. The maximum absolute atomic E-state index is 13.5. The normalized spacial score (nSPS) is 13.5. The smallest absolute Gasteiger partial charge is 0.257 e. The van der Waals surface area contributed by atoms with Crippen LogP contribution in [0.15, 0.2) is 48.5 Å². The number of aliphatic hydroxyl groups is 1. The number of nitrogens with one attached hydrogen (secondary N) is 1. The zero-order valence-electron chi connectivity index (χ0n) is 11.4. The summed E-state index contributed by atoms with van der Waals surface area (Å²) < 4.78 is 27.0. The largest absolute Gasteiger partial charge is 0.384 e. The lowest BCUT2D eigenvalue weighted by Gasteiger charge is -2.24. The fourth-order valence-corrected chi connectivity index (χ4v) is 1.95. The van der Waals surface area contributed by atoms with Crippen molar-refractivity contribution in [3.63, 3.8) is 0 Å². The van der Waals surface area contributed by atoms with Crippen LogP contribution in [0.5, 0.6) is 0 Å². The van der Waals surface area contributed by atoms with E-state index in [4.69, 9.17) is 0 Å². The van der Waals surface area contributed by atoms with Gasteiger partial charge in [-0.2, -0.15) is 0 Å². The van der Waals surface area contributed by atoms with Gasteiger partial charge < -0.3 is 10.4 Å². The highest BCUT2D eigenvalue weighted by Crippen LogP contribution is 2.19. The molecule has 0 aromatic heterocycles. The Bertz CT molecular complexity index is 622. The van der Waals surface area contributed by atoms with Crippen LogP contribution in [0.1, 0.15) is 22.8 Å². The van der Waals surface area contributed by atoms with E-state index in [1.165, 1.54) is 13.0 Å². The molecule has 21 heavy (non-hydrogen) atoms. The van der Waals surface area contributed by atoms with Crippen molar-refractivity contribution >= 4 is 5.91 Å². The Morgan fingerprint density at radius 3 is 2.24 bits per heavy atom. The number of benzene rings is 2. The van der Waals surface area contributed by atoms with Gasteiger partial charge in [0.05, 0.1) is 6.54 Å². The van der Waals surface area contributed by atoms with Crippen LogP contribution in [-0.2, 0) is 5.60 Å². The first-order chi connectivity index (χ1) is 9.92. The van der Waals surface area contributed by atoms with E-state index >= 15 is 0 Å². The van der Waals surface area contributed by atoms with Crippen molar-refractivity contribution in [2.75, 3.05) is 6.54 Å². The van der Waals surface area contributed by atoms with Gasteiger partial charge in [0, 0.05) is 0 Å². The molecular weight excluding hydrogens is 276 g/mol. The topological polar surface area (TPSA) is 49.3 Å². The van der Waals surface area contributed by atoms with E-state index in [9.17, 15) is 18.7 Å². The Morgan fingerprint density at radius 2 is 1.67 bits per heavy atom. The Hall–Kier alpha value is -2.27. The van der Waals surface area contributed by atoms with E-state index in [0.717, 1.165) is 12.1 Å². The first-order valence-corrected chi connectivity index (χ1v) is 6.42. The molecule has 0 aliphatic rings. The first kappa shape index (κ1) is 15.1. The third-order valence-corrected chi connectivity index (χ3v) is 3.18. The molecule has 0 aliphatic heterocycles. The molecule has 2 aromatic carbocycles. The summed E-state index contributed by atoms with van der Waals surface area (Å²) in [4.78, 5) is 11.9. The summed E-state index contributed by atoms with van der Waals surface area (Å²) in [6.07, 6.45) is 0. The highest BCUT2D eigenvalue weighted by atomic mass is 19.1. The summed E-state index contributed by atoms with van der Waals surface area (Å²) in [6, 6.07) is 11.9. The lowest BCUT2D eigenvalue weighted by Crippen LogP contribution is -2.39. The van der Waals surface area contributed by atoms with Crippen LogP contribution in [0.25, 0.3) is 0 Å². The van der Waals surface area contributed by atoms with E-state index in [2.05, 4.69) is 5.32 Å². The molecule has 0 saturated carbocycles. The van der Waals surface area contributed by atoms with Gasteiger partial charge in [0.1, 0.15) is 22.8 Å². The molecule has 0 heterocycles. The van der Waals surface area contributed by atoms with Gasteiger partial charge in [0.15, 0.2) is 0 Å². The second kappa shape index (κ2) is 6.01. The van der Waals surface area contributed by atoms with Crippen molar-refractivity contribution < 1.29 is 18.7 Å². The van der Waals surface area contributed by atoms with Crippen LogP contribution in [-0.4, -0.2) is 17.6 Å². The van der Waals surface area contributed by atoms with E-state index < -0.39 is 28.7 Å². The second-order valence-electron chi connectivity index (χ2n) is 4.92. The average Bonchev–Trinajstić information content (AvgIpc) is 2.46. The fourth-order valence-electron chi connectivity index (χ4n) is 1.95. The van der Waals surface area contributed by atoms with Gasteiger partial charge in [-0.25, -0.2) is 8.78 Å². The minimum atomic E-state index is -1.33. The molecule has 1 unspecified atom stereocenters. The summed E-state index contributed by atoms with van der Waals surface area (Å²) in [5.74, 6) is -2.78. The lowest BCUT2D eigenvalue weighted by molar-refractivity contribution is 0.0524. The van der Waals surface area contributed by atoms with Crippen LogP contribution < -0.4 is 5.32 Å². The first-order valence-electron chi connectivity index (χ1n) is 6.42. The Balaban J connectivity index is 2.11. The number of amides is 1. The number of rotatable bonds is 4. The predicted octanol–water partition coefficient (Wildman–Crippen LogP) is 2.60. The zero-order chi connectivity index (χ0) is 15.5. The van der Waals surface area contributed by atoms with Gasteiger partial charge in [-0.15, -0.1) is 0 Å². The van der Waals surface area contributed by atoms with Crippen molar-refractivity contribution in [2.24, 2.45) is 0 Å². The molecule has 0 spiro atoms. The van der Waals surface area contributed by atoms with Gasteiger partial charge in [0.2, 0.25) is 0 Å². The SMILES string of the molecule is CC(O)(CNC(=O)c1c(F)cccc1F)c1ccccc1. The van der Waals surface area contributed by atoms with Crippen LogP contribution in [0.4, 0.5) is 8.78 Å². The molecule has 2 N–H and O–H groups in total. The molecule has 0 fully saturated rings. The summed E-state index contributed by atoms with van der Waals surface area (Å²) in [5, 5.41) is 12.7. The standard InChI is InChI=1S/C16H15F2NO2/c1-16(21,11-6-3-2-4-7-11)10-19-15(20)14-12(17)8-5-9-13(14)18/h2-9,21H,10H2,1H3,(H,19,20). The van der Waals surface area contributed by atoms with E-state index in [1.54, 1.807) is 30.3 Å². The molecule has 1 amide bonds. The molecule has 0 radical (unpaired) electrons. The van der Waals surface area contributed by atoms with Gasteiger partial charge in [0.25, 0.3) is 5.91 Å². The number of halogens is 2. The average molecular weight is 291 g/mol. The van der Waals surface area contributed by atoms with Crippen LogP contribution in [0, 0.1) is 11.6 Å². The van der Waals surface area contributed by atoms with Crippen molar-refractivity contribution in [2.45, 2.75) is 12.5 Å². The third-order valence-electron chi connectivity index (χ3n) is 3.18. The molecular formula is C16H15F2NO2. The van der Waals surface area contributed by atoms with Crippen LogP contribution >= 0.6 is 0 Å². The quantitative estimate of drug-likeness (QED) is 0.909. The van der Waals surface area contributed by atoms with Crippen molar-refractivity contribution in [1.82, 2.24) is 5.32 Å². The maximum atomic E-state index is 13.5. The summed E-state index contributed by atoms with van der Waals surface area (Å²) in [5.41, 5.74) is -1.39. The minimum absolute atomic E-state index is 0.163. The summed E-state index contributed by atoms with van der Waals surface area (Å²) in [6.45, 7) is 1.35. The number of carbonyl (C=O) groups is 1. The molecule has 110 valence electrons. The van der Waals surface area contributed by atoms with Crippen molar-refractivity contribution in [1.29, 1.82) is 0 Å². The van der Waals surface area contributed by atoms with Gasteiger partial charge >= 0.3 is 0 Å². The van der Waals surface area contributed by atoms with Gasteiger partial charge in [-0.1, -0.05) is 36.4 Å². The second-order valence-corrected chi connectivity index (χ2v) is 4.92. The third kappa shape index (κ3) is 3.44. The zero-order valence-corrected chi connectivity index (χ0v) is 11.4. The van der Waals surface area contributed by atoms with E-state index in [0.29, 0.717) is 5.56 Å². The van der Waals surface area contributed by atoms with Gasteiger partial charge in [-0.3, -0.25) is 4.79 Å². The van der Waals surface area contributed by atoms with Crippen LogP contribution in [0.3, 0.4) is 0 Å².